The third kappa shape index (κ3) is 11.7. The number of hydrogen-bond acceptors (Lipinski definition) is 0. The third-order valence-corrected chi connectivity index (χ3v) is 11.8. The molecule has 0 nitrogen and oxygen atoms in total. The molecule has 4 heteroatoms. The third-order valence-electron chi connectivity index (χ3n) is 6.95. The summed E-state index contributed by atoms with van der Waals surface area (Å²) >= 11 is 0. The van der Waals surface area contributed by atoms with E-state index in [1.807, 2.05) is 31.2 Å². The normalized spacial score (nSPS) is 9.85. The first kappa shape index (κ1) is 37.6. The van der Waals surface area contributed by atoms with Crippen LogP contribution in [0.3, 0.4) is 0 Å². The number of hydrogen-bond donors (Lipinski definition) is 0. The molecule has 236 valence electrons. The van der Waals surface area contributed by atoms with Crippen molar-refractivity contribution >= 4 is 47.7 Å². The maximum absolute atomic E-state index is 3.03. The first-order chi connectivity index (χ1) is 22.3. The fourth-order valence-corrected chi connectivity index (χ4v) is 9.45. The molecule has 0 atom stereocenters. The van der Waals surface area contributed by atoms with Crippen LogP contribution in [0.25, 0.3) is 0 Å². The summed E-state index contributed by atoms with van der Waals surface area (Å²) in [4.78, 5) is 0. The Morgan fingerprint density at radius 2 is 0.532 bits per heavy atom. The van der Waals surface area contributed by atoms with E-state index in [9.17, 15) is 0 Å². The molecule has 0 aliphatic rings. The zero-order chi connectivity index (χ0) is 30.9. The van der Waals surface area contributed by atoms with Gasteiger partial charge in [-0.25, -0.2) is 0 Å². The van der Waals surface area contributed by atoms with Crippen LogP contribution in [-0.4, -0.2) is 0 Å². The van der Waals surface area contributed by atoms with Gasteiger partial charge in [0.25, 0.3) is 0 Å². The molecule has 0 saturated carbocycles. The van der Waals surface area contributed by atoms with Crippen molar-refractivity contribution in [3.63, 3.8) is 0 Å². The summed E-state index contributed by atoms with van der Waals surface area (Å²) in [5.41, 5.74) is 1.20. The molecule has 0 N–H and O–H groups in total. The maximum Gasteiger partial charge on any atom is 2.00 e. The van der Waals surface area contributed by atoms with Crippen molar-refractivity contribution < 1.29 is 28.9 Å². The Kier molecular flexibility index (Phi) is 16.9. The van der Waals surface area contributed by atoms with Gasteiger partial charge in [-0.3, -0.25) is 0 Å². The number of benzene rings is 7. The SMILES string of the molecule is Cc1[c-]cccc1.[Cl-].[Ni+2].c1ccc(P(c2ccccc2)c2ccccc2)cc1.c1ccc(P(c2ccccc2)c2ccccc2)cc1. The largest absolute Gasteiger partial charge is 2.00 e. The Labute approximate surface area is 299 Å². The Hall–Kier alpha value is -3.82. The molecule has 0 amide bonds. The van der Waals surface area contributed by atoms with E-state index in [1.54, 1.807) is 0 Å². The fraction of sp³-hybridized carbons (Fsp3) is 0.0233. The monoisotopic (exact) mass is 708 g/mol. The van der Waals surface area contributed by atoms with Gasteiger partial charge in [0.15, 0.2) is 0 Å². The van der Waals surface area contributed by atoms with E-state index >= 15 is 0 Å². The molecule has 0 unspecified atom stereocenters. The van der Waals surface area contributed by atoms with Crippen LogP contribution in [0, 0.1) is 13.0 Å². The molecule has 0 bridgehead atoms. The second-order valence-corrected chi connectivity index (χ2v) is 14.7. The molecular formula is C43H37ClNiP2. The van der Waals surface area contributed by atoms with Crippen molar-refractivity contribution in [1.82, 2.24) is 0 Å². The first-order valence-corrected chi connectivity index (χ1v) is 17.8. The van der Waals surface area contributed by atoms with Crippen molar-refractivity contribution in [2.75, 3.05) is 0 Å². The van der Waals surface area contributed by atoms with Gasteiger partial charge in [-0.05, 0) is 47.7 Å². The van der Waals surface area contributed by atoms with Gasteiger partial charge in [-0.2, -0.15) is 35.9 Å². The Morgan fingerprint density at radius 1 is 0.319 bits per heavy atom. The Morgan fingerprint density at radius 3 is 0.681 bits per heavy atom. The van der Waals surface area contributed by atoms with Crippen LogP contribution in [0.5, 0.6) is 0 Å². The molecule has 7 rings (SSSR count). The van der Waals surface area contributed by atoms with E-state index in [1.165, 1.54) is 37.4 Å². The van der Waals surface area contributed by atoms with Gasteiger partial charge in [-0.15, -0.1) is 0 Å². The summed E-state index contributed by atoms with van der Waals surface area (Å²) in [6, 6.07) is 75.6. The minimum absolute atomic E-state index is 0. The van der Waals surface area contributed by atoms with E-state index in [-0.39, 0.29) is 28.9 Å². The minimum Gasteiger partial charge on any atom is -1.00 e. The molecule has 47 heavy (non-hydrogen) atoms. The Bertz CT molecular complexity index is 1470. The van der Waals surface area contributed by atoms with Crippen molar-refractivity contribution in [2.24, 2.45) is 0 Å². The smallest absolute Gasteiger partial charge is 1.00 e. The zero-order valence-electron chi connectivity index (χ0n) is 26.2. The van der Waals surface area contributed by atoms with Crippen LogP contribution in [0.1, 0.15) is 5.56 Å². The van der Waals surface area contributed by atoms with E-state index in [0.717, 1.165) is 0 Å². The minimum atomic E-state index is -0.446. The van der Waals surface area contributed by atoms with Crippen LogP contribution in [0.15, 0.2) is 206 Å². The molecule has 0 heterocycles. The van der Waals surface area contributed by atoms with E-state index in [4.69, 9.17) is 0 Å². The first-order valence-electron chi connectivity index (χ1n) is 15.1. The van der Waals surface area contributed by atoms with Crippen LogP contribution < -0.4 is 44.2 Å². The average Bonchev–Trinajstić information content (AvgIpc) is 3.12. The van der Waals surface area contributed by atoms with Gasteiger partial charge in [0, 0.05) is 0 Å². The van der Waals surface area contributed by atoms with Gasteiger partial charge in [-0.1, -0.05) is 189 Å². The number of halogens is 1. The summed E-state index contributed by atoms with van der Waals surface area (Å²) in [6.07, 6.45) is 0. The van der Waals surface area contributed by atoms with Crippen LogP contribution >= 0.6 is 15.8 Å². The molecule has 0 aliphatic heterocycles. The molecule has 0 fully saturated rings. The quantitative estimate of drug-likeness (QED) is 0.118. The van der Waals surface area contributed by atoms with Crippen LogP contribution in [0.2, 0.25) is 0 Å². The second-order valence-electron chi connectivity index (χ2n) is 10.2. The Balaban J connectivity index is 0.000000205. The number of rotatable bonds is 6. The molecule has 0 spiro atoms. The second kappa shape index (κ2) is 21.1. The summed E-state index contributed by atoms with van der Waals surface area (Å²) in [6.45, 7) is 2.03. The topological polar surface area (TPSA) is 0 Å². The fourth-order valence-electron chi connectivity index (χ4n) is 4.84. The summed E-state index contributed by atoms with van der Waals surface area (Å²) in [7, 11) is -0.892. The van der Waals surface area contributed by atoms with Crippen LogP contribution in [-0.2, 0) is 16.5 Å². The van der Waals surface area contributed by atoms with Crippen LogP contribution in [0.4, 0.5) is 0 Å². The van der Waals surface area contributed by atoms with E-state index < -0.39 is 15.8 Å². The zero-order valence-corrected chi connectivity index (χ0v) is 29.8. The van der Waals surface area contributed by atoms with E-state index in [2.05, 4.69) is 188 Å². The molecule has 7 aromatic rings. The number of aryl methyl sites for hydroxylation is 1. The predicted octanol–water partition coefficient (Wildman–Crippen LogP) is 5.69. The molecule has 0 aliphatic carbocycles. The summed E-state index contributed by atoms with van der Waals surface area (Å²) in [5.74, 6) is 0. The van der Waals surface area contributed by atoms with Gasteiger partial charge in [0.1, 0.15) is 0 Å². The van der Waals surface area contributed by atoms with E-state index in [0.29, 0.717) is 0 Å². The van der Waals surface area contributed by atoms with Gasteiger partial charge in [0.2, 0.25) is 0 Å². The molecule has 0 saturated heterocycles. The van der Waals surface area contributed by atoms with Crippen molar-refractivity contribution in [1.29, 1.82) is 0 Å². The van der Waals surface area contributed by atoms with Crippen molar-refractivity contribution in [2.45, 2.75) is 6.92 Å². The maximum atomic E-state index is 3.03. The molecular weight excluding hydrogens is 673 g/mol. The average molecular weight is 710 g/mol. The predicted molar refractivity (Wildman–Crippen MR) is 200 cm³/mol. The van der Waals surface area contributed by atoms with Gasteiger partial charge >= 0.3 is 16.5 Å². The summed E-state index contributed by atoms with van der Waals surface area (Å²) < 4.78 is 0. The van der Waals surface area contributed by atoms with Crippen molar-refractivity contribution in [3.8, 4) is 0 Å². The molecule has 0 radical (unpaired) electrons. The standard InChI is InChI=1S/2C18H15P.C7H7.ClH.Ni/c2*1-4-10-16(11-5-1)19(17-12-6-2-7-13-17)18-14-8-3-9-15-18;1-7-5-3-2-4-6-7;;/h2*1-15H;2-5H,1H3;1H;/q;;-1;;+2/p-1. The van der Waals surface area contributed by atoms with Crippen molar-refractivity contribution in [3.05, 3.63) is 218 Å². The van der Waals surface area contributed by atoms with Gasteiger partial charge in [0.05, 0.1) is 0 Å². The molecule has 0 aromatic heterocycles. The molecule has 7 aromatic carbocycles. The summed E-state index contributed by atoms with van der Waals surface area (Å²) in [5, 5.41) is 8.39. The van der Waals surface area contributed by atoms with Gasteiger partial charge < -0.3 is 12.4 Å².